The number of allylic oxidation sites excluding steroid dienone is 22. The van der Waals surface area contributed by atoms with Gasteiger partial charge in [0.1, 0.15) is 19.8 Å². The van der Waals surface area contributed by atoms with E-state index in [1.165, 1.54) is 212 Å². The maximum atomic E-state index is 12.9. The Morgan fingerprint density at radius 2 is 0.582 bits per heavy atom. The monoisotopic (exact) mass is 1390 g/mol. The van der Waals surface area contributed by atoms with E-state index >= 15 is 0 Å². The summed E-state index contributed by atoms with van der Waals surface area (Å²) >= 11 is 0. The second-order valence-corrected chi connectivity index (χ2v) is 29.9. The smallest absolute Gasteiger partial charge is 0.462 e. The number of carbonyl (C=O) groups excluding carboxylic acids is 2. The van der Waals surface area contributed by atoms with Gasteiger partial charge in [0, 0.05) is 12.8 Å². The zero-order valence-electron chi connectivity index (χ0n) is 64.5. The molecule has 9 nitrogen and oxygen atoms in total. The van der Waals surface area contributed by atoms with Crippen molar-refractivity contribution in [2.45, 2.75) is 367 Å². The molecule has 0 rings (SSSR count). The normalized spacial score (nSPS) is 13.7. The van der Waals surface area contributed by atoms with E-state index in [2.05, 4.69) is 148 Å². The van der Waals surface area contributed by atoms with Gasteiger partial charge in [-0.15, -0.1) is 0 Å². The summed E-state index contributed by atoms with van der Waals surface area (Å²) in [5.41, 5.74) is 0. The van der Waals surface area contributed by atoms with Gasteiger partial charge in [-0.05, 0) is 116 Å². The van der Waals surface area contributed by atoms with Gasteiger partial charge in [-0.1, -0.05) is 366 Å². The number of likely N-dealkylation sites (N-methyl/N-ethyl adjacent to an activating group) is 1. The zero-order valence-corrected chi connectivity index (χ0v) is 65.4. The molecule has 10 heteroatoms. The van der Waals surface area contributed by atoms with Crippen LogP contribution in [-0.4, -0.2) is 74.9 Å². The van der Waals surface area contributed by atoms with Crippen LogP contribution in [0.2, 0.25) is 0 Å². The van der Waals surface area contributed by atoms with Gasteiger partial charge in [0.25, 0.3) is 0 Å². The number of quaternary nitrogens is 1. The molecule has 0 saturated heterocycles. The molecule has 2 atom stereocenters. The Bertz CT molecular complexity index is 2120. The van der Waals surface area contributed by atoms with Crippen LogP contribution in [0.4, 0.5) is 0 Å². The van der Waals surface area contributed by atoms with E-state index in [0.29, 0.717) is 17.4 Å². The first-order valence-electron chi connectivity index (χ1n) is 40.9. The first-order valence-corrected chi connectivity index (χ1v) is 42.4. The second kappa shape index (κ2) is 77.3. The minimum absolute atomic E-state index is 0.0226. The van der Waals surface area contributed by atoms with Crippen molar-refractivity contribution < 1.29 is 42.1 Å². The predicted molar refractivity (Wildman–Crippen MR) is 427 cm³/mol. The molecular weight excluding hydrogens is 1230 g/mol. The van der Waals surface area contributed by atoms with Gasteiger partial charge in [-0.25, -0.2) is 4.57 Å². The van der Waals surface area contributed by atoms with Crippen molar-refractivity contribution in [3.63, 3.8) is 0 Å². The molecule has 0 amide bonds. The van der Waals surface area contributed by atoms with Gasteiger partial charge in [0.15, 0.2) is 6.10 Å². The molecule has 0 aromatic heterocycles. The number of unbranched alkanes of at least 4 members (excludes halogenated alkanes) is 39. The van der Waals surface area contributed by atoms with Crippen molar-refractivity contribution in [2.75, 3.05) is 47.5 Å². The van der Waals surface area contributed by atoms with Crippen LogP contribution < -0.4 is 0 Å². The van der Waals surface area contributed by atoms with Crippen molar-refractivity contribution in [1.29, 1.82) is 0 Å². The first-order chi connectivity index (χ1) is 48.0. The average molecular weight is 1390 g/mol. The van der Waals surface area contributed by atoms with Gasteiger partial charge in [0.05, 0.1) is 27.7 Å². The number of esters is 2. The summed E-state index contributed by atoms with van der Waals surface area (Å²) in [6, 6.07) is 0. The quantitative estimate of drug-likeness (QED) is 0.0211. The Morgan fingerprint density at radius 1 is 0.327 bits per heavy atom. The Kier molecular flexibility index (Phi) is 74.3. The van der Waals surface area contributed by atoms with Gasteiger partial charge in [-0.2, -0.15) is 0 Å². The largest absolute Gasteiger partial charge is 0.472 e. The molecule has 0 heterocycles. The Labute approximate surface area is 606 Å². The topological polar surface area (TPSA) is 108 Å². The standard InChI is InChI=1S/C88H154NO8P/c1-6-8-10-12-14-16-18-20-22-24-26-28-30-32-34-36-38-40-41-42-43-44-45-46-47-49-50-52-54-56-58-60-62-64-66-68-70-72-74-76-78-80-87(90)94-84-86(85-96-98(92,93)95-83-82-89(3,4)5)97-88(91)81-79-77-75-73-71-69-67-65-63-61-59-57-55-53-51-48-39-37-35-33-31-29-27-25-23-21-19-17-15-13-11-9-7-2/h9,11,15,17-18,20-21,23-24,26-27,29,33,35,39,48,53,55,59,61,65,67,86H,6-8,10,12-14,16,19,22,25,28,30-32,34,36-38,40-47,49-52,54,56-58,60,62-64,66,68-85H2,1-5H3/p+1/b11-9-,17-15-,20-18-,23-21-,26-24-,29-27-,35-33-,48-39-,55-53-,61-59-,67-65-. The maximum absolute atomic E-state index is 12.9. The molecule has 0 aromatic rings. The van der Waals surface area contributed by atoms with E-state index in [1.54, 1.807) is 0 Å². The lowest BCUT2D eigenvalue weighted by Gasteiger charge is -2.24. The van der Waals surface area contributed by atoms with Crippen molar-refractivity contribution >= 4 is 19.8 Å². The molecule has 0 spiro atoms. The molecule has 0 aliphatic heterocycles. The highest BCUT2D eigenvalue weighted by Gasteiger charge is 2.27. The van der Waals surface area contributed by atoms with E-state index in [4.69, 9.17) is 18.5 Å². The lowest BCUT2D eigenvalue weighted by Crippen LogP contribution is -2.37. The average Bonchev–Trinajstić information content (AvgIpc) is 1.08. The number of phosphoric acid groups is 1. The van der Waals surface area contributed by atoms with E-state index in [-0.39, 0.29) is 32.0 Å². The molecule has 0 fully saturated rings. The van der Waals surface area contributed by atoms with Crippen LogP contribution in [0.5, 0.6) is 0 Å². The lowest BCUT2D eigenvalue weighted by molar-refractivity contribution is -0.870. The third-order valence-corrected chi connectivity index (χ3v) is 18.6. The fraction of sp³-hybridized carbons (Fsp3) is 0.727. The Morgan fingerprint density at radius 3 is 0.867 bits per heavy atom. The molecule has 0 aliphatic rings. The van der Waals surface area contributed by atoms with Crippen LogP contribution in [0, 0.1) is 0 Å². The molecule has 2 unspecified atom stereocenters. The number of carbonyl (C=O) groups is 2. The molecule has 1 N–H and O–H groups in total. The van der Waals surface area contributed by atoms with Crippen LogP contribution in [-0.2, 0) is 32.7 Å². The van der Waals surface area contributed by atoms with Crippen LogP contribution in [0.15, 0.2) is 134 Å². The number of phosphoric ester groups is 1. The number of nitrogens with zero attached hydrogens (tertiary/aromatic N) is 1. The molecular formula is C88H155NO8P+. The van der Waals surface area contributed by atoms with Crippen molar-refractivity contribution in [3.05, 3.63) is 134 Å². The lowest BCUT2D eigenvalue weighted by atomic mass is 10.0. The summed E-state index contributed by atoms with van der Waals surface area (Å²) in [5.74, 6) is -0.814. The first kappa shape index (κ1) is 94.2. The van der Waals surface area contributed by atoms with E-state index in [9.17, 15) is 19.0 Å². The third-order valence-electron chi connectivity index (χ3n) is 17.7. The molecule has 0 aromatic carbocycles. The molecule has 0 radical (unpaired) electrons. The fourth-order valence-corrected chi connectivity index (χ4v) is 12.2. The van der Waals surface area contributed by atoms with Gasteiger partial charge in [-0.3, -0.25) is 18.6 Å². The van der Waals surface area contributed by atoms with E-state index in [0.717, 1.165) is 116 Å². The number of rotatable bonds is 75. The Hall–Kier alpha value is -3.85. The van der Waals surface area contributed by atoms with Crippen LogP contribution in [0.1, 0.15) is 361 Å². The highest BCUT2D eigenvalue weighted by atomic mass is 31.2. The summed E-state index contributed by atoms with van der Waals surface area (Å²) in [4.78, 5) is 36.0. The van der Waals surface area contributed by atoms with Crippen molar-refractivity contribution in [2.24, 2.45) is 0 Å². The Balaban J connectivity index is 3.98. The highest BCUT2D eigenvalue weighted by Crippen LogP contribution is 2.43. The van der Waals surface area contributed by atoms with Crippen molar-refractivity contribution in [1.82, 2.24) is 0 Å². The van der Waals surface area contributed by atoms with Gasteiger partial charge >= 0.3 is 19.8 Å². The van der Waals surface area contributed by atoms with Crippen LogP contribution >= 0.6 is 7.82 Å². The molecule has 0 bridgehead atoms. The summed E-state index contributed by atoms with van der Waals surface area (Å²) in [6.45, 7) is 4.31. The predicted octanol–water partition coefficient (Wildman–Crippen LogP) is 27.5. The minimum atomic E-state index is -4.41. The molecule has 0 aliphatic carbocycles. The molecule has 98 heavy (non-hydrogen) atoms. The summed E-state index contributed by atoms with van der Waals surface area (Å²) in [5, 5.41) is 0. The fourth-order valence-electron chi connectivity index (χ4n) is 11.5. The zero-order chi connectivity index (χ0) is 71.1. The summed E-state index contributed by atoms with van der Waals surface area (Å²) in [7, 11) is 1.46. The number of ether oxygens (including phenoxy) is 2. The van der Waals surface area contributed by atoms with Crippen LogP contribution in [0.25, 0.3) is 0 Å². The summed E-state index contributed by atoms with van der Waals surface area (Å²) < 4.78 is 34.8. The maximum Gasteiger partial charge on any atom is 0.472 e. The summed E-state index contributed by atoms with van der Waals surface area (Å²) in [6.07, 6.45) is 113. The molecule has 0 saturated carbocycles. The second-order valence-electron chi connectivity index (χ2n) is 28.4. The highest BCUT2D eigenvalue weighted by molar-refractivity contribution is 7.47. The van der Waals surface area contributed by atoms with Gasteiger partial charge < -0.3 is 18.9 Å². The third kappa shape index (κ3) is 81.1. The van der Waals surface area contributed by atoms with Crippen LogP contribution in [0.3, 0.4) is 0 Å². The number of hydrogen-bond acceptors (Lipinski definition) is 7. The molecule has 564 valence electrons. The van der Waals surface area contributed by atoms with Gasteiger partial charge in [0.2, 0.25) is 0 Å². The van der Waals surface area contributed by atoms with E-state index < -0.39 is 26.5 Å². The SMILES string of the molecule is CC/C=C\C/C=C\C/C=C\C/C=C\C/C=C\C/C=C\C/C=C\C/C=C\C/C=C\CCCCCCCC(=O)OC(COC(=O)CCCCCCCCCCCCCCCCCCCCCCCCCCCCCCC/C=C\C/C=C\CCCCCCC)COP(=O)(O)OCC[N+](C)(C)C. The van der Waals surface area contributed by atoms with E-state index in [1.807, 2.05) is 21.1 Å². The number of hydrogen-bond donors (Lipinski definition) is 1. The minimum Gasteiger partial charge on any atom is -0.462 e. The van der Waals surface area contributed by atoms with Crippen molar-refractivity contribution in [3.8, 4) is 0 Å².